The van der Waals surface area contributed by atoms with Gasteiger partial charge >= 0.3 is 5.97 Å². The molecular formula is C11H16N2O5. The number of nitrogens with zero attached hydrogens (tertiary/aromatic N) is 1. The van der Waals surface area contributed by atoms with E-state index in [9.17, 15) is 9.59 Å². The molecule has 1 aromatic rings. The summed E-state index contributed by atoms with van der Waals surface area (Å²) >= 11 is 0. The van der Waals surface area contributed by atoms with E-state index in [1.54, 1.807) is 6.92 Å². The first-order valence-electron chi connectivity index (χ1n) is 5.50. The van der Waals surface area contributed by atoms with Crippen molar-refractivity contribution in [3.63, 3.8) is 0 Å². The monoisotopic (exact) mass is 256 g/mol. The molecule has 0 aliphatic heterocycles. The Labute approximate surface area is 104 Å². The smallest absolute Gasteiger partial charge is 0.334 e. The number of hydrogen-bond acceptors (Lipinski definition) is 5. The molecule has 0 aromatic carbocycles. The second-order valence-corrected chi connectivity index (χ2v) is 3.69. The molecule has 1 amide bonds. The number of aryl methyl sites for hydroxylation is 2. The lowest BCUT2D eigenvalue weighted by molar-refractivity contribution is -0.148. The zero-order valence-electron chi connectivity index (χ0n) is 10.5. The summed E-state index contributed by atoms with van der Waals surface area (Å²) in [7, 11) is 1.27. The van der Waals surface area contributed by atoms with Crippen LogP contribution in [0.2, 0.25) is 0 Å². The summed E-state index contributed by atoms with van der Waals surface area (Å²) in [6.07, 6.45) is -0.508. The molecule has 7 nitrogen and oxygen atoms in total. The lowest BCUT2D eigenvalue weighted by Crippen LogP contribution is -2.38. The molecule has 0 bridgehead atoms. The lowest BCUT2D eigenvalue weighted by Gasteiger charge is -2.11. The van der Waals surface area contributed by atoms with Gasteiger partial charge in [0.05, 0.1) is 12.2 Å². The maximum Gasteiger partial charge on any atom is 0.334 e. The number of carbonyl (C=O) groups excluding carboxylic acids is 1. The molecule has 0 radical (unpaired) electrons. The Hall–Kier alpha value is -1.89. The summed E-state index contributed by atoms with van der Waals surface area (Å²) in [6, 6.07) is 0. The van der Waals surface area contributed by atoms with Crippen LogP contribution < -0.4 is 5.32 Å². The number of nitrogens with one attached hydrogen (secondary N) is 1. The van der Waals surface area contributed by atoms with Gasteiger partial charge in [0.25, 0.3) is 5.91 Å². The summed E-state index contributed by atoms with van der Waals surface area (Å²) in [5.74, 6) is -1.13. The van der Waals surface area contributed by atoms with Crippen LogP contribution in [0.4, 0.5) is 0 Å². The summed E-state index contributed by atoms with van der Waals surface area (Å²) in [5, 5.41) is 15.0. The van der Waals surface area contributed by atoms with Gasteiger partial charge in [-0.1, -0.05) is 12.1 Å². The quantitative estimate of drug-likeness (QED) is 0.762. The van der Waals surface area contributed by atoms with E-state index in [-0.39, 0.29) is 6.54 Å². The third-order valence-electron chi connectivity index (χ3n) is 2.50. The van der Waals surface area contributed by atoms with Crippen LogP contribution in [0.15, 0.2) is 4.52 Å². The first-order valence-corrected chi connectivity index (χ1v) is 5.50. The minimum atomic E-state index is -1.13. The van der Waals surface area contributed by atoms with Crippen LogP contribution in [0.3, 0.4) is 0 Å². The Kier molecular flexibility index (Phi) is 4.85. The van der Waals surface area contributed by atoms with E-state index in [0.29, 0.717) is 23.4 Å². The van der Waals surface area contributed by atoms with Gasteiger partial charge in [0, 0.05) is 7.11 Å². The number of carboxylic acids is 1. The molecule has 1 atom stereocenters. The number of aliphatic carboxylic acids is 1. The van der Waals surface area contributed by atoms with Gasteiger partial charge in [-0.2, -0.15) is 0 Å². The molecular weight excluding hydrogens is 240 g/mol. The highest BCUT2D eigenvalue weighted by atomic mass is 16.5. The van der Waals surface area contributed by atoms with Crippen molar-refractivity contribution >= 4 is 11.9 Å². The highest BCUT2D eigenvalue weighted by molar-refractivity contribution is 5.96. The van der Waals surface area contributed by atoms with E-state index in [1.807, 2.05) is 6.92 Å². The molecule has 0 fully saturated rings. The van der Waals surface area contributed by atoms with Crippen molar-refractivity contribution in [2.24, 2.45) is 0 Å². The van der Waals surface area contributed by atoms with Crippen molar-refractivity contribution in [3.8, 4) is 0 Å². The topological polar surface area (TPSA) is 102 Å². The summed E-state index contributed by atoms with van der Waals surface area (Å²) < 4.78 is 9.64. The van der Waals surface area contributed by atoms with Crippen LogP contribution in [-0.4, -0.2) is 41.9 Å². The average Bonchev–Trinajstić information content (AvgIpc) is 2.70. The number of amides is 1. The van der Waals surface area contributed by atoms with E-state index < -0.39 is 18.0 Å². The van der Waals surface area contributed by atoms with Crippen molar-refractivity contribution in [2.45, 2.75) is 26.4 Å². The molecule has 0 spiro atoms. The van der Waals surface area contributed by atoms with Gasteiger partial charge in [-0.05, 0) is 13.3 Å². The molecule has 1 unspecified atom stereocenters. The Morgan fingerprint density at radius 1 is 1.56 bits per heavy atom. The van der Waals surface area contributed by atoms with E-state index >= 15 is 0 Å². The molecule has 0 aliphatic carbocycles. The summed E-state index contributed by atoms with van der Waals surface area (Å²) in [5.41, 5.74) is 0.909. The maximum atomic E-state index is 11.9. The molecule has 0 saturated heterocycles. The zero-order valence-corrected chi connectivity index (χ0v) is 10.5. The van der Waals surface area contributed by atoms with Gasteiger partial charge in [-0.25, -0.2) is 4.79 Å². The minimum Gasteiger partial charge on any atom is -0.479 e. The molecule has 2 N–H and O–H groups in total. The normalized spacial score (nSPS) is 12.2. The molecule has 0 aliphatic rings. The predicted molar refractivity (Wildman–Crippen MR) is 61.4 cm³/mol. The molecule has 1 heterocycles. The number of ether oxygens (including phenoxy) is 1. The van der Waals surface area contributed by atoms with Crippen molar-refractivity contribution in [1.29, 1.82) is 0 Å². The Morgan fingerprint density at radius 2 is 2.22 bits per heavy atom. The molecule has 1 aromatic heterocycles. The van der Waals surface area contributed by atoms with Gasteiger partial charge in [0.15, 0.2) is 6.10 Å². The third kappa shape index (κ3) is 3.07. The molecule has 100 valence electrons. The third-order valence-corrected chi connectivity index (χ3v) is 2.50. The van der Waals surface area contributed by atoms with Crippen LogP contribution in [-0.2, 0) is 16.0 Å². The molecule has 1 rings (SSSR count). The average molecular weight is 256 g/mol. The SMILES string of the molecule is CCc1noc(C)c1C(=O)NCC(OC)C(=O)O. The van der Waals surface area contributed by atoms with Crippen molar-refractivity contribution in [1.82, 2.24) is 10.5 Å². The summed E-state index contributed by atoms with van der Waals surface area (Å²) in [6.45, 7) is 3.37. The Bertz CT molecular complexity index is 441. The molecule has 7 heteroatoms. The fourth-order valence-corrected chi connectivity index (χ4v) is 1.50. The van der Waals surface area contributed by atoms with Crippen LogP contribution >= 0.6 is 0 Å². The van der Waals surface area contributed by atoms with Crippen LogP contribution in [0.1, 0.15) is 28.7 Å². The van der Waals surface area contributed by atoms with E-state index in [4.69, 9.17) is 14.4 Å². The molecule has 18 heavy (non-hydrogen) atoms. The Morgan fingerprint density at radius 3 is 2.72 bits per heavy atom. The van der Waals surface area contributed by atoms with E-state index in [1.165, 1.54) is 7.11 Å². The number of rotatable bonds is 6. The fraction of sp³-hybridized carbons (Fsp3) is 0.545. The fourth-order valence-electron chi connectivity index (χ4n) is 1.50. The van der Waals surface area contributed by atoms with Gasteiger partial charge in [-0.3, -0.25) is 4.79 Å². The second kappa shape index (κ2) is 6.15. The maximum absolute atomic E-state index is 11.9. The first-order chi connectivity index (χ1) is 8.51. The largest absolute Gasteiger partial charge is 0.479 e. The highest BCUT2D eigenvalue weighted by Gasteiger charge is 2.22. The standard InChI is InChI=1S/C11H16N2O5/c1-4-7-9(6(2)18-13-7)10(14)12-5-8(17-3)11(15)16/h8H,4-5H2,1-3H3,(H,12,14)(H,15,16). The zero-order chi connectivity index (χ0) is 13.7. The van der Waals surface area contributed by atoms with Crippen LogP contribution in [0.5, 0.6) is 0 Å². The van der Waals surface area contributed by atoms with Crippen molar-refractivity contribution in [2.75, 3.05) is 13.7 Å². The number of aromatic nitrogens is 1. The van der Waals surface area contributed by atoms with Gasteiger partial charge < -0.3 is 19.7 Å². The van der Waals surface area contributed by atoms with E-state index in [2.05, 4.69) is 10.5 Å². The summed E-state index contributed by atoms with van der Waals surface area (Å²) in [4.78, 5) is 22.6. The van der Waals surface area contributed by atoms with Gasteiger partial charge in [0.2, 0.25) is 0 Å². The number of hydrogen-bond donors (Lipinski definition) is 2. The van der Waals surface area contributed by atoms with Crippen molar-refractivity contribution < 1.29 is 24.0 Å². The van der Waals surface area contributed by atoms with Crippen LogP contribution in [0, 0.1) is 6.92 Å². The second-order valence-electron chi connectivity index (χ2n) is 3.69. The number of carbonyl (C=O) groups is 2. The first kappa shape index (κ1) is 14.2. The lowest BCUT2D eigenvalue weighted by atomic mass is 10.1. The number of methoxy groups -OCH3 is 1. The van der Waals surface area contributed by atoms with Crippen LogP contribution in [0.25, 0.3) is 0 Å². The molecule has 0 saturated carbocycles. The van der Waals surface area contributed by atoms with Gasteiger partial charge in [-0.15, -0.1) is 0 Å². The predicted octanol–water partition coefficient (Wildman–Crippen LogP) is 0.375. The highest BCUT2D eigenvalue weighted by Crippen LogP contribution is 2.13. The Balaban J connectivity index is 2.71. The van der Waals surface area contributed by atoms with Crippen molar-refractivity contribution in [3.05, 3.63) is 17.0 Å². The van der Waals surface area contributed by atoms with Gasteiger partial charge in [0.1, 0.15) is 11.3 Å². The number of carboxylic acid groups (broad SMARTS) is 1. The minimum absolute atomic E-state index is 0.113. The van der Waals surface area contributed by atoms with E-state index in [0.717, 1.165) is 0 Å².